The van der Waals surface area contributed by atoms with Gasteiger partial charge < -0.3 is 24.8 Å². The van der Waals surface area contributed by atoms with Crippen molar-refractivity contribution in [1.29, 1.82) is 0 Å². The fourth-order valence-electron chi connectivity index (χ4n) is 16.6. The van der Waals surface area contributed by atoms with E-state index in [9.17, 15) is 20.1 Å². The molecule has 362 valence electrons. The number of benzene rings is 2. The molecule has 0 amide bonds. The van der Waals surface area contributed by atoms with Crippen molar-refractivity contribution in [3.63, 3.8) is 0 Å². The minimum absolute atomic E-state index is 0.0571. The van der Waals surface area contributed by atoms with Crippen LogP contribution in [0.15, 0.2) is 72.3 Å². The Morgan fingerprint density at radius 2 is 1.45 bits per heavy atom. The van der Waals surface area contributed by atoms with Gasteiger partial charge in [0, 0.05) is 35.8 Å². The lowest BCUT2D eigenvalue weighted by atomic mass is 9.35. The largest absolute Gasteiger partial charge is 0.462 e. The van der Waals surface area contributed by atoms with Crippen molar-refractivity contribution >= 4 is 33.5 Å². The first kappa shape index (κ1) is 47.9. The van der Waals surface area contributed by atoms with Crippen molar-refractivity contribution in [2.24, 2.45) is 56.7 Å². The van der Waals surface area contributed by atoms with Crippen LogP contribution in [0.4, 0.5) is 0 Å². The molecule has 14 atom stereocenters. The molecule has 6 bridgehead atoms. The van der Waals surface area contributed by atoms with Crippen molar-refractivity contribution in [1.82, 2.24) is 0 Å². The molecular formula is C58H76O7S2. The molecule has 2 saturated heterocycles. The summed E-state index contributed by atoms with van der Waals surface area (Å²) >= 11 is 0. The van der Waals surface area contributed by atoms with E-state index in [4.69, 9.17) is 9.47 Å². The maximum Gasteiger partial charge on any atom is 0.331 e. The molecule has 1 spiro atoms. The van der Waals surface area contributed by atoms with Gasteiger partial charge in [-0.2, -0.15) is 0 Å². The van der Waals surface area contributed by atoms with Crippen molar-refractivity contribution in [2.45, 2.75) is 178 Å². The number of carbonyl (C=O) groups is 2. The quantitative estimate of drug-likeness (QED) is 0.135. The second-order valence-electron chi connectivity index (χ2n) is 23.9. The van der Waals surface area contributed by atoms with Gasteiger partial charge in [0.2, 0.25) is 0 Å². The highest BCUT2D eigenvalue weighted by molar-refractivity contribution is 8.76. The molecule has 2 aromatic carbocycles. The summed E-state index contributed by atoms with van der Waals surface area (Å²) in [6.45, 7) is 7.04. The highest BCUT2D eigenvalue weighted by Gasteiger charge is 2.78. The Morgan fingerprint density at radius 3 is 2.13 bits per heavy atom. The first-order chi connectivity index (χ1) is 32.2. The maximum atomic E-state index is 16.3. The molecule has 10 rings (SSSR count). The van der Waals surface area contributed by atoms with Gasteiger partial charge in [-0.1, -0.05) is 115 Å². The Hall–Kier alpha value is -2.74. The Labute approximate surface area is 408 Å². The van der Waals surface area contributed by atoms with Crippen molar-refractivity contribution in [2.75, 3.05) is 12.4 Å². The van der Waals surface area contributed by atoms with E-state index in [1.165, 1.54) is 11.1 Å². The zero-order chi connectivity index (χ0) is 46.7. The smallest absolute Gasteiger partial charge is 0.331 e. The molecule has 3 N–H and O–H groups in total. The number of carbonyl (C=O) groups excluding carboxylic acids is 2. The number of aliphatic hydroxyl groups excluding tert-OH is 2. The Morgan fingerprint density at radius 1 is 0.776 bits per heavy atom. The van der Waals surface area contributed by atoms with E-state index in [1.54, 1.807) is 6.08 Å². The zero-order valence-electron chi connectivity index (χ0n) is 40.4. The summed E-state index contributed by atoms with van der Waals surface area (Å²) in [5.41, 5.74) is -2.33. The van der Waals surface area contributed by atoms with E-state index in [0.717, 1.165) is 94.8 Å². The van der Waals surface area contributed by atoms with Gasteiger partial charge >= 0.3 is 11.9 Å². The molecule has 4 aliphatic heterocycles. The van der Waals surface area contributed by atoms with Gasteiger partial charge in [-0.05, 0) is 161 Å². The third kappa shape index (κ3) is 8.49. The average molecular weight is 949 g/mol. The topological polar surface area (TPSA) is 113 Å². The van der Waals surface area contributed by atoms with Gasteiger partial charge in [-0.3, -0.25) is 4.79 Å². The van der Waals surface area contributed by atoms with E-state index in [2.05, 4.69) is 86.4 Å². The van der Waals surface area contributed by atoms with Crippen LogP contribution >= 0.6 is 21.6 Å². The molecule has 14 unspecified atom stereocenters. The van der Waals surface area contributed by atoms with Crippen LogP contribution in [0.5, 0.6) is 0 Å². The van der Waals surface area contributed by atoms with E-state index < -0.39 is 51.5 Å². The lowest BCUT2D eigenvalue weighted by Crippen LogP contribution is -2.79. The summed E-state index contributed by atoms with van der Waals surface area (Å²) in [6, 6.07) is 21.6. The van der Waals surface area contributed by atoms with Crippen LogP contribution in [0, 0.1) is 68.5 Å². The van der Waals surface area contributed by atoms with Crippen LogP contribution in [0.25, 0.3) is 0 Å². The van der Waals surface area contributed by atoms with Crippen molar-refractivity contribution in [3.05, 3.63) is 83.4 Å². The molecule has 9 heteroatoms. The van der Waals surface area contributed by atoms with E-state index >= 15 is 4.79 Å². The number of cyclic esters (lactones) is 1. The molecule has 4 heterocycles. The lowest BCUT2D eigenvalue weighted by molar-refractivity contribution is -0.339. The van der Waals surface area contributed by atoms with Crippen LogP contribution in [0.3, 0.4) is 0 Å². The van der Waals surface area contributed by atoms with Gasteiger partial charge in [0.05, 0.1) is 34.1 Å². The SMILES string of the molecule is CC12CCC(SSCC(Cc3ccccc3)C1)C1CCC(Cc3ccccc3)CC13CC#CC1(C)CC(OC3=O)C3C(C)(C4CCCC4)CCC(O)C3(C(O)CC2)C1(O)CCC1=CC(=O)OC1. The Bertz CT molecular complexity index is 2220. The molecule has 8 aliphatic rings. The number of ether oxygens (including phenoxy) is 2. The van der Waals surface area contributed by atoms with Crippen LogP contribution in [-0.4, -0.2) is 68.8 Å². The number of fused-ring (bicyclic) bond motifs is 6. The molecule has 2 aromatic rings. The minimum Gasteiger partial charge on any atom is -0.462 e. The van der Waals surface area contributed by atoms with Gasteiger partial charge in [-0.25, -0.2) is 4.79 Å². The van der Waals surface area contributed by atoms with Crippen LogP contribution < -0.4 is 0 Å². The predicted molar refractivity (Wildman–Crippen MR) is 268 cm³/mol. The fourth-order valence-corrected chi connectivity index (χ4v) is 20.1. The van der Waals surface area contributed by atoms with Gasteiger partial charge in [-0.15, -0.1) is 5.92 Å². The lowest BCUT2D eigenvalue weighted by Gasteiger charge is -2.71. The van der Waals surface area contributed by atoms with Crippen molar-refractivity contribution in [3.8, 4) is 11.8 Å². The number of rotatable bonds is 8. The predicted octanol–water partition coefficient (Wildman–Crippen LogP) is 11.3. The molecule has 0 radical (unpaired) electrons. The molecule has 0 aromatic heterocycles. The molecule has 67 heavy (non-hydrogen) atoms. The first-order valence-corrected chi connectivity index (χ1v) is 28.6. The average Bonchev–Trinajstić information content (AvgIpc) is 4.03. The summed E-state index contributed by atoms with van der Waals surface area (Å²) < 4.78 is 12.9. The van der Waals surface area contributed by atoms with Crippen molar-refractivity contribution < 1.29 is 34.4 Å². The van der Waals surface area contributed by atoms with Gasteiger partial charge in [0.1, 0.15) is 12.7 Å². The second-order valence-corrected chi connectivity index (χ2v) is 26.5. The second kappa shape index (κ2) is 18.8. The highest BCUT2D eigenvalue weighted by atomic mass is 33.1. The normalized spacial score (nSPS) is 43.4. The number of hydrogen-bond acceptors (Lipinski definition) is 9. The summed E-state index contributed by atoms with van der Waals surface area (Å²) in [7, 11) is 4.03. The summed E-state index contributed by atoms with van der Waals surface area (Å²) in [4.78, 5) is 28.8. The molecule has 4 aliphatic carbocycles. The molecule has 4 saturated carbocycles. The van der Waals surface area contributed by atoms with E-state index in [0.29, 0.717) is 50.4 Å². The first-order valence-electron chi connectivity index (χ1n) is 26.2. The van der Waals surface area contributed by atoms with Crippen LogP contribution in [-0.2, 0) is 31.9 Å². The summed E-state index contributed by atoms with van der Waals surface area (Å²) in [5.74, 6) is 8.53. The number of aliphatic hydroxyl groups is 3. The fraction of sp³-hybridized carbons (Fsp3) is 0.690. The Balaban J connectivity index is 1.17. The summed E-state index contributed by atoms with van der Waals surface area (Å²) in [5, 5.41) is 41.8. The number of hydrogen-bond donors (Lipinski definition) is 3. The van der Waals surface area contributed by atoms with Crippen LogP contribution in [0.1, 0.15) is 147 Å². The standard InChI is InChI=1S/C58H76O7S2/c1-53-27-22-47(67-66-38-43(34-53)32-40-15-8-5-9-16-40)45-20-19-41(31-39-13-6-4-7-14-39)35-56(45)26-12-25-54(2)36-46(65-52(56)62)51-55(3,44-17-10-11-18-44)29-24-49(60)58(51,48(59)23-28-53)57(54,63)30-21-42-33-50(61)64-37-42/h4-9,13-16,33,41,43-49,51,59-60,63H,10-11,17-24,26-32,34-38H2,1-3H3. The third-order valence-electron chi connectivity index (χ3n) is 19.9. The monoisotopic (exact) mass is 949 g/mol. The van der Waals surface area contributed by atoms with E-state index in [-0.39, 0.29) is 47.5 Å². The minimum atomic E-state index is -1.71. The molecule has 7 nitrogen and oxygen atoms in total. The summed E-state index contributed by atoms with van der Waals surface area (Å²) in [6.07, 6.45) is 14.2. The highest BCUT2D eigenvalue weighted by Crippen LogP contribution is 2.72. The van der Waals surface area contributed by atoms with E-state index in [1.807, 2.05) is 28.5 Å². The van der Waals surface area contributed by atoms with Gasteiger partial charge in [0.15, 0.2) is 0 Å². The molecular weight excluding hydrogens is 873 g/mol. The van der Waals surface area contributed by atoms with Crippen LogP contribution in [0.2, 0.25) is 0 Å². The third-order valence-corrected chi connectivity index (χ3v) is 23.0. The zero-order valence-corrected chi connectivity index (χ0v) is 42.0. The molecule has 6 fully saturated rings. The van der Waals surface area contributed by atoms with Gasteiger partial charge in [0.25, 0.3) is 0 Å². The maximum absolute atomic E-state index is 16.3. The number of esters is 2. The Kier molecular flexibility index (Phi) is 13.4.